The number of carbonyl (C=O) groups is 3. The molecular weight excluding hydrogens is 595 g/mol. The first kappa shape index (κ1) is 33.4. The third kappa shape index (κ3) is 9.01. The molecule has 1 aliphatic heterocycles. The fraction of sp³-hybridized carbons (Fsp3) is 0.364. The van der Waals surface area contributed by atoms with Crippen molar-refractivity contribution in [3.05, 3.63) is 77.9 Å². The zero-order chi connectivity index (χ0) is 31.9. The number of rotatable bonds is 11. The SMILES string of the molecule is CNC(=O)Nc1ccccc1-c1ccc(CN2Cc3ccc(SC)cc3S[C@@H](NC(=O)CC(C)(C)NC[C@@H](C)O)C2=O)cc1. The Morgan fingerprint density at radius 2 is 1.84 bits per heavy atom. The van der Waals surface area contributed by atoms with Crippen molar-refractivity contribution in [3.63, 3.8) is 0 Å². The summed E-state index contributed by atoms with van der Waals surface area (Å²) >= 11 is 3.01. The van der Waals surface area contributed by atoms with Gasteiger partial charge >= 0.3 is 6.03 Å². The van der Waals surface area contributed by atoms with E-state index in [-0.39, 0.29) is 24.3 Å². The minimum Gasteiger partial charge on any atom is -0.392 e. The summed E-state index contributed by atoms with van der Waals surface area (Å²) in [6.07, 6.45) is 1.63. The van der Waals surface area contributed by atoms with E-state index in [0.717, 1.165) is 32.0 Å². The van der Waals surface area contributed by atoms with Gasteiger partial charge in [0.2, 0.25) is 5.91 Å². The number of nitrogens with zero attached hydrogens (tertiary/aromatic N) is 1. The number of hydrogen-bond acceptors (Lipinski definition) is 7. The van der Waals surface area contributed by atoms with E-state index in [0.29, 0.717) is 25.3 Å². The molecule has 0 fully saturated rings. The largest absolute Gasteiger partial charge is 0.392 e. The molecule has 234 valence electrons. The van der Waals surface area contributed by atoms with Crippen LogP contribution in [0.2, 0.25) is 0 Å². The van der Waals surface area contributed by atoms with Gasteiger partial charge in [-0.25, -0.2) is 4.79 Å². The summed E-state index contributed by atoms with van der Waals surface area (Å²) in [5.41, 5.74) is 3.94. The minimum atomic E-state index is -0.782. The first-order valence-electron chi connectivity index (χ1n) is 14.5. The van der Waals surface area contributed by atoms with Crippen molar-refractivity contribution in [3.8, 4) is 11.1 Å². The lowest BCUT2D eigenvalue weighted by Gasteiger charge is -2.28. The lowest BCUT2D eigenvalue weighted by molar-refractivity contribution is -0.135. The molecule has 0 aliphatic carbocycles. The number of amides is 4. The van der Waals surface area contributed by atoms with Gasteiger partial charge in [0.15, 0.2) is 5.37 Å². The predicted molar refractivity (Wildman–Crippen MR) is 179 cm³/mol. The Morgan fingerprint density at radius 3 is 2.52 bits per heavy atom. The average Bonchev–Trinajstić information content (AvgIpc) is 3.12. The van der Waals surface area contributed by atoms with Crippen molar-refractivity contribution in [1.29, 1.82) is 0 Å². The molecule has 0 aromatic heterocycles. The number of carbonyl (C=O) groups excluding carboxylic acids is 3. The van der Waals surface area contributed by atoms with Crippen molar-refractivity contribution < 1.29 is 19.5 Å². The third-order valence-corrected chi connectivity index (χ3v) is 9.14. The molecule has 0 radical (unpaired) electrons. The number of thioether (sulfide) groups is 2. The van der Waals surface area contributed by atoms with E-state index >= 15 is 0 Å². The van der Waals surface area contributed by atoms with Crippen molar-refractivity contribution in [1.82, 2.24) is 20.9 Å². The summed E-state index contributed by atoms with van der Waals surface area (Å²) in [5.74, 6) is -0.402. The van der Waals surface area contributed by atoms with E-state index in [1.165, 1.54) is 11.8 Å². The number of β-amino-alcohol motifs (C(OH)–C–C–N with tert-alkyl or cyclic N) is 1. The highest BCUT2D eigenvalue weighted by atomic mass is 32.2. The number of anilines is 1. The number of benzene rings is 3. The maximum absolute atomic E-state index is 13.9. The quantitative estimate of drug-likeness (QED) is 0.187. The number of fused-ring (bicyclic) bond motifs is 1. The molecule has 3 aromatic rings. The Morgan fingerprint density at radius 1 is 1.11 bits per heavy atom. The maximum atomic E-state index is 13.9. The van der Waals surface area contributed by atoms with Crippen LogP contribution >= 0.6 is 23.5 Å². The maximum Gasteiger partial charge on any atom is 0.318 e. The Balaban J connectivity index is 1.55. The van der Waals surface area contributed by atoms with Crippen molar-refractivity contribution >= 4 is 47.1 Å². The van der Waals surface area contributed by atoms with Crippen LogP contribution in [0.5, 0.6) is 0 Å². The molecule has 4 rings (SSSR count). The summed E-state index contributed by atoms with van der Waals surface area (Å²) in [6, 6.07) is 21.4. The first-order chi connectivity index (χ1) is 21.0. The van der Waals surface area contributed by atoms with E-state index in [1.807, 2.05) is 68.6 Å². The fourth-order valence-corrected chi connectivity index (χ4v) is 6.57. The van der Waals surface area contributed by atoms with Gasteiger partial charge in [-0.15, -0.1) is 11.8 Å². The molecule has 5 N–H and O–H groups in total. The first-order valence-corrected chi connectivity index (χ1v) is 16.6. The van der Waals surface area contributed by atoms with Gasteiger partial charge in [-0.1, -0.05) is 60.3 Å². The van der Waals surface area contributed by atoms with E-state index in [9.17, 15) is 19.5 Å². The van der Waals surface area contributed by atoms with Crippen LogP contribution in [0, 0.1) is 0 Å². The third-order valence-electron chi connectivity index (χ3n) is 7.23. The Kier molecular flexibility index (Phi) is 11.4. The minimum absolute atomic E-state index is 0.152. The van der Waals surface area contributed by atoms with Crippen LogP contribution in [-0.4, -0.2) is 64.7 Å². The van der Waals surface area contributed by atoms with Crippen LogP contribution in [0.15, 0.2) is 76.5 Å². The molecule has 1 heterocycles. The second-order valence-electron chi connectivity index (χ2n) is 11.5. The number of aliphatic hydroxyl groups excluding tert-OH is 1. The lowest BCUT2D eigenvalue weighted by Crippen LogP contribution is -2.50. The van der Waals surface area contributed by atoms with Gasteiger partial charge in [-0.2, -0.15) is 0 Å². The molecule has 2 atom stereocenters. The van der Waals surface area contributed by atoms with Crippen LogP contribution in [0.4, 0.5) is 10.5 Å². The second kappa shape index (κ2) is 15.0. The van der Waals surface area contributed by atoms with E-state index < -0.39 is 17.0 Å². The van der Waals surface area contributed by atoms with Crippen LogP contribution < -0.4 is 21.3 Å². The van der Waals surface area contributed by atoms with Crippen molar-refractivity contribution in [2.24, 2.45) is 0 Å². The standard InChI is InChI=1S/C33H41N5O4S2/c1-21(39)18-35-33(2,3)17-29(40)37-30-31(41)38(20-24-14-15-25(43-5)16-28(24)44-30)19-22-10-12-23(13-11-22)26-8-6-7-9-27(26)36-32(42)34-4/h6-16,21,30,35,39H,17-20H2,1-5H3,(H,37,40)(H2,34,36,42)/t21-,30-/m1/s1. The van der Waals surface area contributed by atoms with Gasteiger partial charge in [0.25, 0.3) is 5.91 Å². The molecule has 3 aromatic carbocycles. The Hall–Kier alpha value is -3.51. The molecule has 0 unspecified atom stereocenters. The average molecular weight is 636 g/mol. The van der Waals surface area contributed by atoms with Crippen LogP contribution in [0.1, 0.15) is 38.3 Å². The number of urea groups is 1. The van der Waals surface area contributed by atoms with Crippen LogP contribution in [-0.2, 0) is 22.7 Å². The molecule has 0 saturated carbocycles. The number of hydrogen-bond donors (Lipinski definition) is 5. The molecule has 9 nitrogen and oxygen atoms in total. The monoisotopic (exact) mass is 635 g/mol. The van der Waals surface area contributed by atoms with Gasteiger partial charge in [0.1, 0.15) is 0 Å². The van der Waals surface area contributed by atoms with Crippen molar-refractivity contribution in [2.45, 2.75) is 67.1 Å². The molecule has 0 spiro atoms. The zero-order valence-electron chi connectivity index (χ0n) is 25.8. The Bertz CT molecular complexity index is 1480. The van der Waals surface area contributed by atoms with Gasteiger partial charge in [0, 0.05) is 54.0 Å². The highest BCUT2D eigenvalue weighted by Crippen LogP contribution is 2.35. The smallest absolute Gasteiger partial charge is 0.318 e. The molecule has 11 heteroatoms. The topological polar surface area (TPSA) is 123 Å². The van der Waals surface area contributed by atoms with Crippen LogP contribution in [0.3, 0.4) is 0 Å². The summed E-state index contributed by atoms with van der Waals surface area (Å²) in [4.78, 5) is 42.9. The van der Waals surface area contributed by atoms with Gasteiger partial charge in [-0.3, -0.25) is 9.59 Å². The number of para-hydroxylation sites is 1. The van der Waals surface area contributed by atoms with Crippen molar-refractivity contribution in [2.75, 3.05) is 25.2 Å². The molecule has 44 heavy (non-hydrogen) atoms. The van der Waals surface area contributed by atoms with E-state index in [2.05, 4.69) is 39.5 Å². The Labute approximate surface area is 267 Å². The van der Waals surface area contributed by atoms with Gasteiger partial charge in [0.05, 0.1) is 11.8 Å². The zero-order valence-corrected chi connectivity index (χ0v) is 27.4. The summed E-state index contributed by atoms with van der Waals surface area (Å²) < 4.78 is 0. The normalized spacial score (nSPS) is 15.6. The molecule has 1 aliphatic rings. The number of nitrogens with one attached hydrogen (secondary N) is 4. The van der Waals surface area contributed by atoms with Gasteiger partial charge < -0.3 is 31.3 Å². The highest BCUT2D eigenvalue weighted by Gasteiger charge is 2.33. The summed E-state index contributed by atoms with van der Waals surface area (Å²) in [7, 11) is 1.57. The second-order valence-corrected chi connectivity index (χ2v) is 13.5. The molecular formula is C33H41N5O4S2. The van der Waals surface area contributed by atoms with E-state index in [4.69, 9.17) is 0 Å². The summed E-state index contributed by atoms with van der Waals surface area (Å²) in [6.45, 7) is 6.65. The fourth-order valence-electron chi connectivity index (χ4n) is 4.88. The van der Waals surface area contributed by atoms with Crippen LogP contribution in [0.25, 0.3) is 11.1 Å². The molecule has 0 bridgehead atoms. The summed E-state index contributed by atoms with van der Waals surface area (Å²) in [5, 5.41) is 20.5. The predicted octanol–water partition coefficient (Wildman–Crippen LogP) is 5.04. The number of aliphatic hydroxyl groups is 1. The van der Waals surface area contributed by atoms with Gasteiger partial charge in [-0.05, 0) is 61.9 Å². The molecule has 0 saturated heterocycles. The van der Waals surface area contributed by atoms with E-state index in [1.54, 1.807) is 30.6 Å². The highest BCUT2D eigenvalue weighted by molar-refractivity contribution is 8.01. The molecule has 4 amide bonds. The lowest BCUT2D eigenvalue weighted by atomic mass is 10.00.